The Hall–Kier alpha value is -3.77. The Morgan fingerprint density at radius 3 is 2.55 bits per heavy atom. The lowest BCUT2D eigenvalue weighted by Crippen LogP contribution is -2.21. The molecule has 0 saturated heterocycles. The van der Waals surface area contributed by atoms with Crippen LogP contribution in [0.5, 0.6) is 0 Å². The molecule has 1 amide bonds. The summed E-state index contributed by atoms with van der Waals surface area (Å²) in [5.41, 5.74) is -0.363. The van der Waals surface area contributed by atoms with Gasteiger partial charge >= 0.3 is 6.18 Å². The van der Waals surface area contributed by atoms with Crippen molar-refractivity contribution in [3.63, 3.8) is 0 Å². The predicted octanol–water partition coefficient (Wildman–Crippen LogP) is 4.90. The molecular formula is C26H26F3N5O4. The highest BCUT2D eigenvalue weighted by molar-refractivity contribution is 6.03. The van der Waals surface area contributed by atoms with Crippen molar-refractivity contribution in [2.45, 2.75) is 63.3 Å². The quantitative estimate of drug-likeness (QED) is 0.336. The third-order valence-corrected chi connectivity index (χ3v) is 6.67. The van der Waals surface area contributed by atoms with Crippen LogP contribution in [0, 0.1) is 0 Å². The van der Waals surface area contributed by atoms with E-state index in [1.807, 2.05) is 6.20 Å². The fraction of sp³-hybridized carbons (Fsp3) is 0.385. The number of aliphatic hydroxyl groups is 2. The van der Waals surface area contributed by atoms with Crippen molar-refractivity contribution in [3.8, 4) is 11.5 Å². The molecule has 0 bridgehead atoms. The number of nitrogens with one attached hydrogen (secondary N) is 1. The van der Waals surface area contributed by atoms with Crippen molar-refractivity contribution in [3.05, 3.63) is 65.7 Å². The zero-order valence-electron chi connectivity index (χ0n) is 20.7. The highest BCUT2D eigenvalue weighted by atomic mass is 19.4. The molecule has 0 atom stereocenters. The zero-order valence-corrected chi connectivity index (χ0v) is 20.7. The lowest BCUT2D eigenvalue weighted by Gasteiger charge is -2.23. The van der Waals surface area contributed by atoms with Crippen LogP contribution in [0.1, 0.15) is 72.9 Å². The average Bonchev–Trinajstić information content (AvgIpc) is 3.50. The van der Waals surface area contributed by atoms with E-state index >= 15 is 0 Å². The monoisotopic (exact) mass is 529 g/mol. The molecule has 1 saturated carbocycles. The van der Waals surface area contributed by atoms with E-state index in [1.54, 1.807) is 30.5 Å². The molecule has 9 nitrogen and oxygen atoms in total. The molecule has 0 spiro atoms. The molecule has 38 heavy (non-hydrogen) atoms. The Balaban J connectivity index is 1.42. The second kappa shape index (κ2) is 9.52. The summed E-state index contributed by atoms with van der Waals surface area (Å²) in [5.74, 6) is -0.629. The van der Waals surface area contributed by atoms with Gasteiger partial charge in [0, 0.05) is 35.6 Å². The van der Waals surface area contributed by atoms with Gasteiger partial charge in [0.2, 0.25) is 5.89 Å². The molecule has 5 rings (SSSR count). The topological polar surface area (TPSA) is 126 Å². The van der Waals surface area contributed by atoms with Crippen molar-refractivity contribution in [1.29, 1.82) is 0 Å². The molecule has 0 radical (unpaired) electrons. The number of carbonyl (C=O) groups excluding carboxylic acids is 1. The van der Waals surface area contributed by atoms with E-state index in [0.717, 1.165) is 37.1 Å². The number of aromatic nitrogens is 4. The molecule has 1 aliphatic carbocycles. The van der Waals surface area contributed by atoms with E-state index in [9.17, 15) is 28.2 Å². The van der Waals surface area contributed by atoms with Crippen molar-refractivity contribution in [1.82, 2.24) is 19.4 Å². The molecule has 4 aromatic rings. The van der Waals surface area contributed by atoms with Gasteiger partial charge in [-0.3, -0.25) is 9.78 Å². The van der Waals surface area contributed by atoms with Crippen LogP contribution < -0.4 is 5.32 Å². The number of anilines is 1. The van der Waals surface area contributed by atoms with Crippen LogP contribution in [-0.4, -0.2) is 41.6 Å². The summed E-state index contributed by atoms with van der Waals surface area (Å²) in [6.07, 6.45) is 3.71. The van der Waals surface area contributed by atoms with Crippen LogP contribution in [0.2, 0.25) is 0 Å². The molecule has 12 heteroatoms. The van der Waals surface area contributed by atoms with E-state index in [-0.39, 0.29) is 29.2 Å². The first-order chi connectivity index (χ1) is 17.9. The maximum absolute atomic E-state index is 13.0. The number of rotatable bonds is 5. The molecule has 4 heterocycles. The van der Waals surface area contributed by atoms with E-state index in [2.05, 4.69) is 15.3 Å². The van der Waals surface area contributed by atoms with Crippen LogP contribution >= 0.6 is 0 Å². The lowest BCUT2D eigenvalue weighted by molar-refractivity contribution is -0.141. The minimum absolute atomic E-state index is 0.0196. The van der Waals surface area contributed by atoms with E-state index in [4.69, 9.17) is 9.40 Å². The van der Waals surface area contributed by atoms with Gasteiger partial charge in [-0.25, -0.2) is 9.97 Å². The van der Waals surface area contributed by atoms with E-state index in [0.29, 0.717) is 29.7 Å². The minimum Gasteiger partial charge on any atom is -0.444 e. The summed E-state index contributed by atoms with van der Waals surface area (Å²) in [4.78, 5) is 25.1. The third-order valence-electron chi connectivity index (χ3n) is 6.67. The Bertz CT molecular complexity index is 1480. The predicted molar refractivity (Wildman–Crippen MR) is 130 cm³/mol. The largest absolute Gasteiger partial charge is 0.444 e. The molecule has 0 unspecified atom stereocenters. The number of alkyl halides is 3. The van der Waals surface area contributed by atoms with Crippen LogP contribution in [0.4, 0.5) is 18.9 Å². The number of hydrogen-bond acceptors (Lipinski definition) is 7. The van der Waals surface area contributed by atoms with Gasteiger partial charge in [-0.2, -0.15) is 13.2 Å². The normalized spacial score (nSPS) is 18.6. The number of carbonyl (C=O) groups is 1. The number of amides is 1. The van der Waals surface area contributed by atoms with Crippen molar-refractivity contribution in [2.24, 2.45) is 0 Å². The first-order valence-electron chi connectivity index (χ1n) is 12.1. The van der Waals surface area contributed by atoms with Gasteiger partial charge in [-0.1, -0.05) is 0 Å². The van der Waals surface area contributed by atoms with Crippen LogP contribution in [0.3, 0.4) is 0 Å². The Morgan fingerprint density at radius 2 is 1.87 bits per heavy atom. The van der Waals surface area contributed by atoms with Gasteiger partial charge in [0.15, 0.2) is 5.69 Å². The molecule has 1 aliphatic rings. The molecule has 0 aliphatic heterocycles. The average molecular weight is 530 g/mol. The highest BCUT2D eigenvalue weighted by Gasteiger charge is 2.33. The fourth-order valence-corrected chi connectivity index (χ4v) is 4.64. The number of fused-ring (bicyclic) bond motifs is 1. The van der Waals surface area contributed by atoms with Crippen LogP contribution in [-0.2, 0) is 11.8 Å². The van der Waals surface area contributed by atoms with E-state index in [1.165, 1.54) is 6.07 Å². The minimum atomic E-state index is -4.64. The summed E-state index contributed by atoms with van der Waals surface area (Å²) in [5, 5.41) is 23.3. The lowest BCUT2D eigenvalue weighted by atomic mass is 9.86. The summed E-state index contributed by atoms with van der Waals surface area (Å²) >= 11 is 0. The fourth-order valence-electron chi connectivity index (χ4n) is 4.64. The van der Waals surface area contributed by atoms with Gasteiger partial charge in [-0.05, 0) is 57.7 Å². The Morgan fingerprint density at radius 1 is 1.13 bits per heavy atom. The van der Waals surface area contributed by atoms with Gasteiger partial charge < -0.3 is 24.3 Å². The van der Waals surface area contributed by atoms with Crippen LogP contribution in [0.15, 0.2) is 47.5 Å². The van der Waals surface area contributed by atoms with Crippen LogP contribution in [0.25, 0.3) is 17.1 Å². The molecule has 1 fully saturated rings. The summed E-state index contributed by atoms with van der Waals surface area (Å²) in [6, 6.07) is 3.78. The van der Waals surface area contributed by atoms with Crippen molar-refractivity contribution < 1.29 is 32.6 Å². The number of hydrogen-bond donors (Lipinski definition) is 3. The molecular weight excluding hydrogens is 503 g/mol. The summed E-state index contributed by atoms with van der Waals surface area (Å²) in [7, 11) is 0. The number of nitrogens with zero attached hydrogens (tertiary/aromatic N) is 4. The first kappa shape index (κ1) is 25.9. The highest BCUT2D eigenvalue weighted by Crippen LogP contribution is 2.35. The van der Waals surface area contributed by atoms with Gasteiger partial charge in [0.1, 0.15) is 17.6 Å². The zero-order chi connectivity index (χ0) is 27.2. The van der Waals surface area contributed by atoms with Gasteiger partial charge in [-0.15, -0.1) is 0 Å². The number of pyridine rings is 2. The molecule has 0 aromatic carbocycles. The number of oxazole rings is 1. The third kappa shape index (κ3) is 5.27. The second-order valence-corrected chi connectivity index (χ2v) is 10.0. The van der Waals surface area contributed by atoms with Crippen molar-refractivity contribution >= 4 is 17.2 Å². The molecule has 3 N–H and O–H groups in total. The summed E-state index contributed by atoms with van der Waals surface area (Å²) < 4.78 is 46.1. The Labute approximate surface area is 215 Å². The van der Waals surface area contributed by atoms with Gasteiger partial charge in [0.05, 0.1) is 23.1 Å². The smallest absolute Gasteiger partial charge is 0.433 e. The Kier molecular flexibility index (Phi) is 6.48. The number of aliphatic hydroxyl groups excluding tert-OH is 1. The molecule has 200 valence electrons. The van der Waals surface area contributed by atoms with Crippen molar-refractivity contribution in [2.75, 3.05) is 5.32 Å². The number of imidazole rings is 1. The number of halogens is 3. The summed E-state index contributed by atoms with van der Waals surface area (Å²) in [6.45, 7) is 3.16. The SMILES string of the molecule is CC(C)(O)c1cc2nc(C3CCC(O)CC3)cn2cc1NC(=O)c1coc(-c2ccnc(C(F)(F)F)c2)n1. The second-order valence-electron chi connectivity index (χ2n) is 10.0. The first-order valence-corrected chi connectivity index (χ1v) is 12.1. The standard InChI is InChI=1S/C26H26F3N5O4/c1-25(2,37)17-10-22-31-18(14-3-5-16(35)6-4-14)11-34(22)12-19(17)32-23(36)20-13-38-24(33-20)15-7-8-30-21(9-15)26(27,28)29/h7-14,16,35,37H,3-6H2,1-2H3,(H,32,36). The molecule has 4 aromatic heterocycles. The van der Waals surface area contributed by atoms with Gasteiger partial charge in [0.25, 0.3) is 5.91 Å². The maximum atomic E-state index is 13.0. The van der Waals surface area contributed by atoms with E-state index < -0.39 is 23.4 Å². The maximum Gasteiger partial charge on any atom is 0.433 e.